The molecule has 1 aromatic rings. The first kappa shape index (κ1) is 18.3. The van der Waals surface area contributed by atoms with Gasteiger partial charge in [-0.1, -0.05) is 0 Å². The Balaban J connectivity index is 1.96. The summed E-state index contributed by atoms with van der Waals surface area (Å²) in [6.45, 7) is 2.88. The molecule has 2 atom stereocenters. The second-order valence-corrected chi connectivity index (χ2v) is 5.83. The average Bonchev–Trinajstić information content (AvgIpc) is 3.15. The first-order chi connectivity index (χ1) is 11.4. The van der Waals surface area contributed by atoms with Crippen LogP contribution < -0.4 is 5.32 Å². The van der Waals surface area contributed by atoms with Gasteiger partial charge in [0, 0.05) is 31.9 Å². The molecule has 0 saturated carbocycles. The quantitative estimate of drug-likeness (QED) is 0.835. The highest BCUT2D eigenvalue weighted by Crippen LogP contribution is 2.19. The predicted octanol–water partition coefficient (Wildman–Crippen LogP) is 0.949. The molecule has 1 aliphatic rings. The first-order valence-electron chi connectivity index (χ1n) is 8.00. The van der Waals surface area contributed by atoms with Crippen molar-refractivity contribution in [2.24, 2.45) is 0 Å². The number of carbonyl (C=O) groups is 2. The number of alkyl halides is 2. The lowest BCUT2D eigenvalue weighted by Crippen LogP contribution is -2.44. The molecule has 24 heavy (non-hydrogen) atoms. The molecule has 1 saturated heterocycles. The minimum Gasteiger partial charge on any atom is -0.347 e. The molecule has 0 bridgehead atoms. The van der Waals surface area contributed by atoms with Gasteiger partial charge in [-0.25, -0.2) is 4.68 Å². The predicted molar refractivity (Wildman–Crippen MR) is 83.7 cm³/mol. The number of rotatable bonds is 6. The third kappa shape index (κ3) is 3.89. The van der Waals surface area contributed by atoms with Crippen LogP contribution in [0.2, 0.25) is 0 Å². The van der Waals surface area contributed by atoms with Crippen molar-refractivity contribution in [3.63, 3.8) is 0 Å². The fraction of sp³-hybridized carbons (Fsp3) is 0.667. The van der Waals surface area contributed by atoms with E-state index in [-0.39, 0.29) is 23.7 Å². The number of hydrogen-bond acceptors (Lipinski definition) is 4. The largest absolute Gasteiger partial charge is 0.347 e. The summed E-state index contributed by atoms with van der Waals surface area (Å²) < 4.78 is 25.4. The normalized spacial score (nSPS) is 21.2. The molecular formula is C15H23F2N5O2. The van der Waals surface area contributed by atoms with Crippen molar-refractivity contribution in [1.29, 1.82) is 0 Å². The van der Waals surface area contributed by atoms with Crippen molar-refractivity contribution in [1.82, 2.24) is 24.9 Å². The molecular weight excluding hydrogens is 320 g/mol. The zero-order valence-corrected chi connectivity index (χ0v) is 14.1. The number of aromatic nitrogens is 2. The topological polar surface area (TPSA) is 70.5 Å². The summed E-state index contributed by atoms with van der Waals surface area (Å²) in [6.07, 6.45) is 1.56. The Bertz CT molecular complexity index is 588. The van der Waals surface area contributed by atoms with E-state index < -0.39 is 12.5 Å². The van der Waals surface area contributed by atoms with Gasteiger partial charge >= 0.3 is 6.55 Å². The highest BCUT2D eigenvalue weighted by atomic mass is 19.3. The molecule has 2 heterocycles. The summed E-state index contributed by atoms with van der Waals surface area (Å²) in [5.41, 5.74) is -0.0588. The lowest BCUT2D eigenvalue weighted by Gasteiger charge is -2.26. The number of halogens is 2. The van der Waals surface area contributed by atoms with Crippen molar-refractivity contribution in [2.75, 3.05) is 26.7 Å². The van der Waals surface area contributed by atoms with Gasteiger partial charge in [0.05, 0.1) is 6.04 Å². The van der Waals surface area contributed by atoms with Crippen molar-refractivity contribution in [3.8, 4) is 0 Å². The molecule has 0 radical (unpaired) electrons. The van der Waals surface area contributed by atoms with Crippen LogP contribution in [0.1, 0.15) is 37.3 Å². The van der Waals surface area contributed by atoms with Gasteiger partial charge in [0.2, 0.25) is 5.91 Å². The van der Waals surface area contributed by atoms with Gasteiger partial charge in [0.1, 0.15) is 5.69 Å². The minimum atomic E-state index is -2.78. The van der Waals surface area contributed by atoms with Crippen LogP contribution in [0.25, 0.3) is 0 Å². The third-order valence-electron chi connectivity index (χ3n) is 4.28. The summed E-state index contributed by atoms with van der Waals surface area (Å²) >= 11 is 0. The molecule has 2 amide bonds. The van der Waals surface area contributed by atoms with Gasteiger partial charge in [-0.3, -0.25) is 14.5 Å². The van der Waals surface area contributed by atoms with Gasteiger partial charge in [-0.15, -0.1) is 0 Å². The van der Waals surface area contributed by atoms with Gasteiger partial charge in [0.25, 0.3) is 5.91 Å². The SMILES string of the molecule is CCN(CC)C(=O)C1CC(NC(=O)c2ccn(C(F)F)n2)CN1C. The second-order valence-electron chi connectivity index (χ2n) is 5.83. The zero-order valence-electron chi connectivity index (χ0n) is 14.1. The lowest BCUT2D eigenvalue weighted by atomic mass is 10.1. The molecule has 0 spiro atoms. The number of nitrogens with one attached hydrogen (secondary N) is 1. The summed E-state index contributed by atoms with van der Waals surface area (Å²) in [6, 6.07) is 0.746. The molecule has 1 aliphatic heterocycles. The maximum atomic E-state index is 12.5. The zero-order chi connectivity index (χ0) is 17.9. The van der Waals surface area contributed by atoms with Crippen LogP contribution in [-0.2, 0) is 4.79 Å². The third-order valence-corrected chi connectivity index (χ3v) is 4.28. The van der Waals surface area contributed by atoms with Crippen molar-refractivity contribution in [3.05, 3.63) is 18.0 Å². The van der Waals surface area contributed by atoms with E-state index in [1.807, 2.05) is 25.8 Å². The van der Waals surface area contributed by atoms with E-state index >= 15 is 0 Å². The molecule has 0 aliphatic carbocycles. The Morgan fingerprint density at radius 3 is 2.62 bits per heavy atom. The van der Waals surface area contributed by atoms with E-state index in [0.717, 1.165) is 6.20 Å². The first-order valence-corrected chi connectivity index (χ1v) is 8.00. The molecule has 1 fully saturated rings. The Morgan fingerprint density at radius 2 is 2.08 bits per heavy atom. The number of nitrogens with zero attached hydrogens (tertiary/aromatic N) is 4. The lowest BCUT2D eigenvalue weighted by molar-refractivity contribution is -0.135. The average molecular weight is 343 g/mol. The van der Waals surface area contributed by atoms with Crippen LogP contribution >= 0.6 is 0 Å². The molecule has 1 aromatic heterocycles. The Kier molecular flexibility index (Phi) is 5.87. The molecule has 9 heteroatoms. The fourth-order valence-corrected chi connectivity index (χ4v) is 2.97. The van der Waals surface area contributed by atoms with Crippen molar-refractivity contribution >= 4 is 11.8 Å². The second kappa shape index (κ2) is 7.69. The van der Waals surface area contributed by atoms with Gasteiger partial charge in [-0.05, 0) is 33.4 Å². The van der Waals surface area contributed by atoms with Crippen LogP contribution in [0.5, 0.6) is 0 Å². The van der Waals surface area contributed by atoms with Gasteiger partial charge in [0.15, 0.2) is 0 Å². The van der Waals surface area contributed by atoms with Crippen molar-refractivity contribution < 1.29 is 18.4 Å². The summed E-state index contributed by atoms with van der Waals surface area (Å²) in [5.74, 6) is -0.468. The monoisotopic (exact) mass is 343 g/mol. The highest BCUT2D eigenvalue weighted by molar-refractivity contribution is 5.92. The molecule has 1 N–H and O–H groups in total. The smallest absolute Gasteiger partial charge is 0.333 e. The highest BCUT2D eigenvalue weighted by Gasteiger charge is 2.37. The molecule has 2 rings (SSSR count). The van der Waals surface area contributed by atoms with Gasteiger partial charge < -0.3 is 10.2 Å². The molecule has 134 valence electrons. The van der Waals surface area contributed by atoms with Crippen LogP contribution in [0.4, 0.5) is 8.78 Å². The van der Waals surface area contributed by atoms with Crippen LogP contribution in [0, 0.1) is 0 Å². The fourth-order valence-electron chi connectivity index (χ4n) is 2.97. The molecule has 7 nitrogen and oxygen atoms in total. The minimum absolute atomic E-state index is 0.0428. The van der Waals surface area contributed by atoms with E-state index in [4.69, 9.17) is 0 Å². The number of likely N-dealkylation sites (tertiary alicyclic amines) is 1. The number of hydrogen-bond donors (Lipinski definition) is 1. The molecule has 2 unspecified atom stereocenters. The van der Waals surface area contributed by atoms with E-state index in [2.05, 4.69) is 10.4 Å². The summed E-state index contributed by atoms with van der Waals surface area (Å²) in [7, 11) is 1.84. The maximum absolute atomic E-state index is 12.5. The van der Waals surface area contributed by atoms with E-state index in [9.17, 15) is 18.4 Å². The summed E-state index contributed by atoms with van der Waals surface area (Å²) in [4.78, 5) is 28.3. The Labute approximate surface area is 139 Å². The standard InChI is InChI=1S/C15H23F2N5O2/c1-4-21(5-2)14(24)12-8-10(9-20(12)3)18-13(23)11-6-7-22(19-11)15(16)17/h6-7,10,12,15H,4-5,8-9H2,1-3H3,(H,18,23). The summed E-state index contributed by atoms with van der Waals surface area (Å²) in [5, 5.41) is 6.31. The number of amides is 2. The van der Waals surface area contributed by atoms with E-state index in [0.29, 0.717) is 30.7 Å². The van der Waals surface area contributed by atoms with Crippen LogP contribution in [0.3, 0.4) is 0 Å². The Hall–Kier alpha value is -2.03. The maximum Gasteiger partial charge on any atom is 0.333 e. The van der Waals surface area contributed by atoms with Gasteiger partial charge in [-0.2, -0.15) is 13.9 Å². The number of carbonyl (C=O) groups excluding carboxylic acids is 2. The van der Waals surface area contributed by atoms with Crippen molar-refractivity contribution in [2.45, 2.75) is 38.9 Å². The molecule has 0 aromatic carbocycles. The van der Waals surface area contributed by atoms with Crippen LogP contribution in [-0.4, -0.2) is 70.2 Å². The Morgan fingerprint density at radius 1 is 1.42 bits per heavy atom. The number of likely N-dealkylation sites (N-methyl/N-ethyl adjacent to an activating group) is 2. The van der Waals surface area contributed by atoms with Crippen LogP contribution in [0.15, 0.2) is 12.3 Å². The van der Waals surface area contributed by atoms with E-state index in [1.54, 1.807) is 4.90 Å². The van der Waals surface area contributed by atoms with E-state index in [1.165, 1.54) is 6.07 Å².